The number of rotatable bonds is 4. The first kappa shape index (κ1) is 12.3. The fourth-order valence-electron chi connectivity index (χ4n) is 1.38. The molecule has 0 aliphatic rings. The Bertz CT molecular complexity index is 311. The molecule has 0 heterocycles. The molecule has 0 radical (unpaired) electrons. The van der Waals surface area contributed by atoms with E-state index in [9.17, 15) is 4.79 Å². The number of thioether (sulfide) groups is 1. The van der Waals surface area contributed by atoms with Crippen molar-refractivity contribution >= 4 is 16.9 Å². The van der Waals surface area contributed by atoms with Gasteiger partial charge in [-0.1, -0.05) is 49.0 Å². The fourth-order valence-corrected chi connectivity index (χ4v) is 2.39. The van der Waals surface area contributed by atoms with Gasteiger partial charge in [-0.3, -0.25) is 4.79 Å². The van der Waals surface area contributed by atoms with E-state index in [0.29, 0.717) is 5.25 Å². The van der Waals surface area contributed by atoms with E-state index < -0.39 is 0 Å². The third-order valence-electron chi connectivity index (χ3n) is 1.94. The minimum Gasteiger partial charge on any atom is -0.308 e. The van der Waals surface area contributed by atoms with Gasteiger partial charge in [0.2, 0.25) is 5.12 Å². The zero-order valence-corrected chi connectivity index (χ0v) is 10.3. The highest BCUT2D eigenvalue weighted by atomic mass is 32.2. The number of carbonyl (C=O) groups excluding carboxylic acids is 1. The van der Waals surface area contributed by atoms with Gasteiger partial charge in [-0.05, 0) is 14.1 Å². The summed E-state index contributed by atoms with van der Waals surface area (Å²) in [5, 5.41) is 0.484. The average molecular weight is 223 g/mol. The maximum atomic E-state index is 11.8. The zero-order valence-electron chi connectivity index (χ0n) is 9.43. The largest absolute Gasteiger partial charge is 0.308 e. The predicted octanol–water partition coefficient (Wildman–Crippen LogP) is 2.51. The highest BCUT2D eigenvalue weighted by Gasteiger charge is 2.11. The molecule has 1 atom stereocenters. The van der Waals surface area contributed by atoms with Crippen molar-refractivity contribution in [3.8, 4) is 0 Å². The summed E-state index contributed by atoms with van der Waals surface area (Å²) in [6.45, 7) is 2.99. The third kappa shape index (κ3) is 4.49. The Morgan fingerprint density at radius 2 is 1.93 bits per heavy atom. The summed E-state index contributed by atoms with van der Waals surface area (Å²) < 4.78 is 0. The van der Waals surface area contributed by atoms with E-state index in [1.165, 1.54) is 11.8 Å². The van der Waals surface area contributed by atoms with Crippen molar-refractivity contribution in [2.45, 2.75) is 12.2 Å². The van der Waals surface area contributed by atoms with Crippen LogP contribution in [0.1, 0.15) is 17.3 Å². The van der Waals surface area contributed by atoms with Crippen LogP contribution in [0, 0.1) is 0 Å². The Labute approximate surface area is 95.7 Å². The molecule has 82 valence electrons. The number of benzene rings is 1. The minimum absolute atomic E-state index is 0.157. The van der Waals surface area contributed by atoms with Crippen LogP contribution in [0.4, 0.5) is 0 Å². The molecule has 0 aromatic heterocycles. The Kier molecular flexibility index (Phi) is 4.85. The normalized spacial score (nSPS) is 12.8. The lowest BCUT2D eigenvalue weighted by molar-refractivity contribution is 0.108. The molecule has 0 fully saturated rings. The quantitative estimate of drug-likeness (QED) is 0.782. The second kappa shape index (κ2) is 5.93. The van der Waals surface area contributed by atoms with Gasteiger partial charge in [-0.15, -0.1) is 0 Å². The van der Waals surface area contributed by atoms with Crippen molar-refractivity contribution in [3.63, 3.8) is 0 Å². The summed E-state index contributed by atoms with van der Waals surface area (Å²) in [4.78, 5) is 13.9. The van der Waals surface area contributed by atoms with Crippen LogP contribution in [-0.2, 0) is 0 Å². The van der Waals surface area contributed by atoms with Gasteiger partial charge in [0.25, 0.3) is 0 Å². The molecule has 0 aliphatic carbocycles. The molecule has 0 bridgehead atoms. The molecule has 1 unspecified atom stereocenters. The first-order valence-corrected chi connectivity index (χ1v) is 5.88. The monoisotopic (exact) mass is 223 g/mol. The lowest BCUT2D eigenvalue weighted by atomic mass is 10.2. The average Bonchev–Trinajstić information content (AvgIpc) is 2.17. The van der Waals surface area contributed by atoms with E-state index in [1.807, 2.05) is 44.4 Å². The summed E-state index contributed by atoms with van der Waals surface area (Å²) in [6.07, 6.45) is 0. The van der Waals surface area contributed by atoms with Gasteiger partial charge in [0.15, 0.2) is 0 Å². The summed E-state index contributed by atoms with van der Waals surface area (Å²) in [5.41, 5.74) is 0.785. The van der Waals surface area contributed by atoms with Crippen LogP contribution in [0.15, 0.2) is 30.3 Å². The standard InChI is InChI=1S/C12H17NOS/c1-10(9-13(2)3)15-12(14)11-7-5-4-6-8-11/h4-8,10H,9H2,1-3H3. The van der Waals surface area contributed by atoms with Crippen molar-refractivity contribution in [1.82, 2.24) is 4.90 Å². The van der Waals surface area contributed by atoms with E-state index >= 15 is 0 Å². The number of hydrogen-bond donors (Lipinski definition) is 0. The molecule has 0 amide bonds. The van der Waals surface area contributed by atoms with Crippen LogP contribution in [-0.4, -0.2) is 35.9 Å². The van der Waals surface area contributed by atoms with E-state index in [1.54, 1.807) is 0 Å². The summed E-state index contributed by atoms with van der Waals surface area (Å²) >= 11 is 1.40. The maximum Gasteiger partial charge on any atom is 0.219 e. The fraction of sp³-hybridized carbons (Fsp3) is 0.417. The van der Waals surface area contributed by atoms with Crippen LogP contribution >= 0.6 is 11.8 Å². The van der Waals surface area contributed by atoms with Crippen molar-refractivity contribution < 1.29 is 4.79 Å². The summed E-state index contributed by atoms with van der Waals surface area (Å²) in [6, 6.07) is 9.43. The van der Waals surface area contributed by atoms with Gasteiger partial charge >= 0.3 is 0 Å². The van der Waals surface area contributed by atoms with Crippen LogP contribution in [0.3, 0.4) is 0 Å². The molecule has 1 rings (SSSR count). The summed E-state index contributed by atoms with van der Waals surface area (Å²) in [7, 11) is 4.04. The molecular weight excluding hydrogens is 206 g/mol. The van der Waals surface area contributed by atoms with Crippen LogP contribution in [0.2, 0.25) is 0 Å². The Hall–Kier alpha value is -0.800. The first-order valence-electron chi connectivity index (χ1n) is 5.00. The van der Waals surface area contributed by atoms with Gasteiger partial charge < -0.3 is 4.90 Å². The second-order valence-electron chi connectivity index (χ2n) is 3.84. The van der Waals surface area contributed by atoms with Gasteiger partial charge in [0.05, 0.1) is 0 Å². The Morgan fingerprint density at radius 1 is 1.33 bits per heavy atom. The molecule has 0 spiro atoms. The molecule has 15 heavy (non-hydrogen) atoms. The number of hydrogen-bond acceptors (Lipinski definition) is 3. The lowest BCUT2D eigenvalue weighted by Crippen LogP contribution is -2.22. The highest BCUT2D eigenvalue weighted by Crippen LogP contribution is 2.17. The predicted molar refractivity (Wildman–Crippen MR) is 66.4 cm³/mol. The van der Waals surface area contributed by atoms with E-state index in [0.717, 1.165) is 12.1 Å². The molecule has 1 aromatic carbocycles. The molecule has 0 saturated carbocycles. The zero-order chi connectivity index (χ0) is 11.3. The van der Waals surface area contributed by atoms with Crippen LogP contribution in [0.5, 0.6) is 0 Å². The van der Waals surface area contributed by atoms with E-state index in [4.69, 9.17) is 0 Å². The molecule has 0 aliphatic heterocycles. The first-order chi connectivity index (χ1) is 7.09. The van der Waals surface area contributed by atoms with E-state index in [2.05, 4.69) is 11.8 Å². The van der Waals surface area contributed by atoms with Gasteiger partial charge in [-0.2, -0.15) is 0 Å². The highest BCUT2D eigenvalue weighted by molar-refractivity contribution is 8.14. The molecule has 3 heteroatoms. The Balaban J connectivity index is 2.49. The van der Waals surface area contributed by atoms with E-state index in [-0.39, 0.29) is 5.12 Å². The van der Waals surface area contributed by atoms with Crippen LogP contribution < -0.4 is 0 Å². The Morgan fingerprint density at radius 3 is 2.47 bits per heavy atom. The number of nitrogens with zero attached hydrogens (tertiary/aromatic N) is 1. The molecule has 1 aromatic rings. The molecular formula is C12H17NOS. The maximum absolute atomic E-state index is 11.8. The lowest BCUT2D eigenvalue weighted by Gasteiger charge is -2.15. The van der Waals surface area contributed by atoms with Crippen molar-refractivity contribution in [2.75, 3.05) is 20.6 Å². The molecule has 2 nitrogen and oxygen atoms in total. The van der Waals surface area contributed by atoms with Gasteiger partial charge in [0.1, 0.15) is 0 Å². The van der Waals surface area contributed by atoms with Crippen molar-refractivity contribution in [1.29, 1.82) is 0 Å². The molecule has 0 saturated heterocycles. The topological polar surface area (TPSA) is 20.3 Å². The third-order valence-corrected chi connectivity index (χ3v) is 2.94. The summed E-state index contributed by atoms with van der Waals surface area (Å²) in [5.74, 6) is 0. The number of carbonyl (C=O) groups is 1. The van der Waals surface area contributed by atoms with Crippen molar-refractivity contribution in [3.05, 3.63) is 35.9 Å². The minimum atomic E-state index is 0.157. The SMILES string of the molecule is CC(CN(C)C)SC(=O)c1ccccc1. The smallest absolute Gasteiger partial charge is 0.219 e. The second-order valence-corrected chi connectivity index (χ2v) is 5.26. The van der Waals surface area contributed by atoms with Gasteiger partial charge in [-0.25, -0.2) is 0 Å². The molecule has 0 N–H and O–H groups in total. The van der Waals surface area contributed by atoms with Crippen LogP contribution in [0.25, 0.3) is 0 Å². The van der Waals surface area contributed by atoms with Crippen molar-refractivity contribution in [2.24, 2.45) is 0 Å². The van der Waals surface area contributed by atoms with Gasteiger partial charge in [0, 0.05) is 17.4 Å².